The summed E-state index contributed by atoms with van der Waals surface area (Å²) in [4.78, 5) is 10.8. The van der Waals surface area contributed by atoms with E-state index in [1.165, 1.54) is 6.92 Å². The van der Waals surface area contributed by atoms with E-state index in [1.807, 2.05) is 24.3 Å². The zero-order chi connectivity index (χ0) is 14.0. The Hall–Kier alpha value is -2.07. The molecule has 4 heteroatoms. The number of hydrogen-bond acceptors (Lipinski definition) is 3. The van der Waals surface area contributed by atoms with Crippen LogP contribution in [0.25, 0.3) is 10.8 Å². The minimum Gasteiger partial charge on any atom is -0.496 e. The maximum Gasteiger partial charge on any atom is 0.306 e. The van der Waals surface area contributed by atoms with Crippen LogP contribution in [0.4, 0.5) is 0 Å². The third kappa shape index (κ3) is 2.69. The van der Waals surface area contributed by atoms with Crippen LogP contribution >= 0.6 is 0 Å². The maximum atomic E-state index is 10.8. The number of methoxy groups -OCH3 is 1. The van der Waals surface area contributed by atoms with Crippen LogP contribution in [0.15, 0.2) is 36.4 Å². The lowest BCUT2D eigenvalue weighted by Crippen LogP contribution is -2.24. The van der Waals surface area contributed by atoms with Crippen molar-refractivity contribution in [1.29, 1.82) is 0 Å². The molecule has 2 aromatic rings. The molecule has 0 radical (unpaired) electrons. The molecule has 0 saturated heterocycles. The van der Waals surface area contributed by atoms with E-state index >= 15 is 0 Å². The standard InChI is InChI=1S/C15H16O4/c1-15(18,9-14(16)17)11-6-7-12-10(8-11)4-3-5-13(12)19-2/h3-8,18H,9H2,1-2H3,(H,16,17)/t15-/m0/s1. The molecule has 2 rings (SSSR count). The normalized spacial score (nSPS) is 14.1. The third-order valence-electron chi connectivity index (χ3n) is 3.18. The van der Waals surface area contributed by atoms with Gasteiger partial charge in [0.2, 0.25) is 0 Å². The number of benzene rings is 2. The zero-order valence-corrected chi connectivity index (χ0v) is 10.9. The van der Waals surface area contributed by atoms with Gasteiger partial charge >= 0.3 is 5.97 Å². The van der Waals surface area contributed by atoms with Crippen LogP contribution in [-0.2, 0) is 10.4 Å². The Balaban J connectivity index is 2.50. The number of carboxylic acid groups (broad SMARTS) is 1. The molecule has 0 aromatic heterocycles. The average molecular weight is 260 g/mol. The average Bonchev–Trinajstić information content (AvgIpc) is 2.35. The lowest BCUT2D eigenvalue weighted by Gasteiger charge is -2.22. The summed E-state index contributed by atoms with van der Waals surface area (Å²) < 4.78 is 5.26. The van der Waals surface area contributed by atoms with Gasteiger partial charge in [-0.15, -0.1) is 0 Å². The Bertz CT molecular complexity index is 617. The number of ether oxygens (including phenoxy) is 1. The van der Waals surface area contributed by atoms with Gasteiger partial charge in [0.05, 0.1) is 19.1 Å². The summed E-state index contributed by atoms with van der Waals surface area (Å²) in [5.41, 5.74) is -0.807. The highest BCUT2D eigenvalue weighted by atomic mass is 16.5. The molecule has 0 bridgehead atoms. The summed E-state index contributed by atoms with van der Waals surface area (Å²) >= 11 is 0. The Morgan fingerprint density at radius 1 is 1.32 bits per heavy atom. The molecule has 2 N–H and O–H groups in total. The fourth-order valence-electron chi connectivity index (χ4n) is 2.16. The fourth-order valence-corrected chi connectivity index (χ4v) is 2.16. The molecule has 0 aliphatic heterocycles. The summed E-state index contributed by atoms with van der Waals surface area (Å²) in [7, 11) is 1.60. The molecule has 1 atom stereocenters. The molecular weight excluding hydrogens is 244 g/mol. The Kier molecular flexibility index (Phi) is 3.44. The van der Waals surface area contributed by atoms with Crippen molar-refractivity contribution in [3.05, 3.63) is 42.0 Å². The van der Waals surface area contributed by atoms with Crippen LogP contribution in [0.3, 0.4) is 0 Å². The lowest BCUT2D eigenvalue weighted by atomic mass is 9.91. The van der Waals surface area contributed by atoms with Crippen LogP contribution in [0.5, 0.6) is 5.75 Å². The van der Waals surface area contributed by atoms with Crippen LogP contribution in [-0.4, -0.2) is 23.3 Å². The first-order chi connectivity index (χ1) is 8.94. The van der Waals surface area contributed by atoms with E-state index < -0.39 is 11.6 Å². The molecule has 0 spiro atoms. The van der Waals surface area contributed by atoms with Crippen molar-refractivity contribution in [2.45, 2.75) is 18.9 Å². The molecule has 100 valence electrons. The van der Waals surface area contributed by atoms with E-state index in [-0.39, 0.29) is 6.42 Å². The molecule has 2 aromatic carbocycles. The second kappa shape index (κ2) is 4.90. The number of carbonyl (C=O) groups is 1. The van der Waals surface area contributed by atoms with E-state index in [1.54, 1.807) is 19.2 Å². The van der Waals surface area contributed by atoms with Crippen LogP contribution in [0.2, 0.25) is 0 Å². The zero-order valence-electron chi connectivity index (χ0n) is 10.9. The molecule has 19 heavy (non-hydrogen) atoms. The Morgan fingerprint density at radius 2 is 2.05 bits per heavy atom. The molecular formula is C15H16O4. The van der Waals surface area contributed by atoms with Gasteiger partial charge in [0.25, 0.3) is 0 Å². The number of carboxylic acids is 1. The number of rotatable bonds is 4. The van der Waals surface area contributed by atoms with Crippen LogP contribution in [0, 0.1) is 0 Å². The highest BCUT2D eigenvalue weighted by molar-refractivity contribution is 5.89. The van der Waals surface area contributed by atoms with Gasteiger partial charge in [0.15, 0.2) is 0 Å². The summed E-state index contributed by atoms with van der Waals surface area (Å²) in [6.45, 7) is 1.50. The highest BCUT2D eigenvalue weighted by Gasteiger charge is 2.26. The molecule has 0 heterocycles. The summed E-state index contributed by atoms with van der Waals surface area (Å²) in [6, 6.07) is 11.0. The van der Waals surface area contributed by atoms with Crippen molar-refractivity contribution in [3.8, 4) is 5.75 Å². The van der Waals surface area contributed by atoms with E-state index in [0.717, 1.165) is 16.5 Å². The predicted molar refractivity (Wildman–Crippen MR) is 72.3 cm³/mol. The van der Waals surface area contributed by atoms with Crippen molar-refractivity contribution in [3.63, 3.8) is 0 Å². The van der Waals surface area contributed by atoms with Crippen molar-refractivity contribution in [2.75, 3.05) is 7.11 Å². The van der Waals surface area contributed by atoms with Gasteiger partial charge in [0, 0.05) is 5.39 Å². The number of aliphatic carboxylic acids is 1. The minimum absolute atomic E-state index is 0.331. The van der Waals surface area contributed by atoms with E-state index in [2.05, 4.69) is 0 Å². The third-order valence-corrected chi connectivity index (χ3v) is 3.18. The smallest absolute Gasteiger partial charge is 0.306 e. The summed E-state index contributed by atoms with van der Waals surface area (Å²) in [5, 5.41) is 20.9. The molecule has 0 unspecified atom stereocenters. The van der Waals surface area contributed by atoms with Gasteiger partial charge in [0.1, 0.15) is 5.75 Å². The van der Waals surface area contributed by atoms with Gasteiger partial charge in [-0.1, -0.05) is 24.3 Å². The molecule has 0 saturated carbocycles. The minimum atomic E-state index is -1.39. The van der Waals surface area contributed by atoms with E-state index in [0.29, 0.717) is 5.56 Å². The first-order valence-electron chi connectivity index (χ1n) is 5.95. The van der Waals surface area contributed by atoms with Crippen LogP contribution < -0.4 is 4.74 Å². The highest BCUT2D eigenvalue weighted by Crippen LogP contribution is 2.31. The molecule has 0 fully saturated rings. The van der Waals surface area contributed by atoms with E-state index in [9.17, 15) is 9.90 Å². The maximum absolute atomic E-state index is 10.8. The first kappa shape index (κ1) is 13.4. The van der Waals surface area contributed by atoms with Crippen molar-refractivity contribution < 1.29 is 19.7 Å². The largest absolute Gasteiger partial charge is 0.496 e. The topological polar surface area (TPSA) is 66.8 Å². The lowest BCUT2D eigenvalue weighted by molar-refractivity contribution is -0.142. The number of hydrogen-bond donors (Lipinski definition) is 2. The van der Waals surface area contributed by atoms with Crippen molar-refractivity contribution in [2.24, 2.45) is 0 Å². The second-order valence-corrected chi connectivity index (χ2v) is 4.74. The van der Waals surface area contributed by atoms with Gasteiger partial charge in [-0.25, -0.2) is 0 Å². The monoisotopic (exact) mass is 260 g/mol. The SMILES string of the molecule is COc1cccc2cc([C@@](C)(O)CC(=O)O)ccc12. The molecule has 0 aliphatic rings. The quantitative estimate of drug-likeness (QED) is 0.886. The van der Waals surface area contributed by atoms with E-state index in [4.69, 9.17) is 9.84 Å². The Labute approximate surface area is 111 Å². The number of aliphatic hydroxyl groups is 1. The van der Waals surface area contributed by atoms with Gasteiger partial charge in [-0.2, -0.15) is 0 Å². The second-order valence-electron chi connectivity index (χ2n) is 4.74. The molecule has 0 aliphatic carbocycles. The van der Waals surface area contributed by atoms with Gasteiger partial charge in [-0.3, -0.25) is 4.79 Å². The summed E-state index contributed by atoms with van der Waals surface area (Å²) in [6.07, 6.45) is -0.331. The molecule has 4 nitrogen and oxygen atoms in total. The predicted octanol–water partition coefficient (Wildman–Crippen LogP) is 2.53. The Morgan fingerprint density at radius 3 is 2.68 bits per heavy atom. The molecule has 0 amide bonds. The van der Waals surface area contributed by atoms with Gasteiger partial charge < -0.3 is 14.9 Å². The first-order valence-corrected chi connectivity index (χ1v) is 5.95. The fraction of sp³-hybridized carbons (Fsp3) is 0.267. The summed E-state index contributed by atoms with van der Waals surface area (Å²) in [5.74, 6) is -0.280. The van der Waals surface area contributed by atoms with Crippen molar-refractivity contribution in [1.82, 2.24) is 0 Å². The number of fused-ring (bicyclic) bond motifs is 1. The van der Waals surface area contributed by atoms with Crippen molar-refractivity contribution >= 4 is 16.7 Å². The van der Waals surface area contributed by atoms with Crippen LogP contribution in [0.1, 0.15) is 18.9 Å². The van der Waals surface area contributed by atoms with Gasteiger partial charge in [-0.05, 0) is 30.0 Å².